The van der Waals surface area contributed by atoms with E-state index >= 15 is 0 Å². The molecule has 14 heavy (non-hydrogen) atoms. The molecule has 0 unspecified atom stereocenters. The van der Waals surface area contributed by atoms with Gasteiger partial charge in [-0.1, -0.05) is 40.0 Å². The van der Waals surface area contributed by atoms with Crippen molar-refractivity contribution in [3.05, 3.63) is 0 Å². The molecule has 0 spiro atoms. The minimum absolute atomic E-state index is 1.19. The Bertz CT molecular complexity index is 98.5. The molecule has 2 heteroatoms. The standard InChI is InChI=1S/C10H22N2.C2H6/c1-2-3-4-5-8-12-9-6-11-7-10-12;1-2/h11H,2-10H2,1H3;1-2H3. The molecule has 86 valence electrons. The van der Waals surface area contributed by atoms with Crippen molar-refractivity contribution >= 4 is 0 Å². The molecule has 1 saturated heterocycles. The van der Waals surface area contributed by atoms with Crippen molar-refractivity contribution in [2.24, 2.45) is 0 Å². The summed E-state index contributed by atoms with van der Waals surface area (Å²) < 4.78 is 0. The van der Waals surface area contributed by atoms with Gasteiger partial charge in [0.25, 0.3) is 0 Å². The van der Waals surface area contributed by atoms with Gasteiger partial charge in [0.05, 0.1) is 0 Å². The van der Waals surface area contributed by atoms with Crippen LogP contribution in [0.4, 0.5) is 0 Å². The van der Waals surface area contributed by atoms with Crippen molar-refractivity contribution in [3.63, 3.8) is 0 Å². The van der Waals surface area contributed by atoms with Crippen LogP contribution in [0.1, 0.15) is 46.5 Å². The molecule has 1 aliphatic rings. The van der Waals surface area contributed by atoms with E-state index in [2.05, 4.69) is 17.1 Å². The molecular weight excluding hydrogens is 172 g/mol. The molecule has 2 nitrogen and oxygen atoms in total. The topological polar surface area (TPSA) is 15.3 Å². The molecule has 0 saturated carbocycles. The molecule has 0 amide bonds. The number of nitrogens with one attached hydrogen (secondary N) is 1. The maximum atomic E-state index is 3.37. The van der Waals surface area contributed by atoms with E-state index in [9.17, 15) is 0 Å². The van der Waals surface area contributed by atoms with Crippen molar-refractivity contribution in [2.75, 3.05) is 32.7 Å². The van der Waals surface area contributed by atoms with Crippen molar-refractivity contribution in [1.82, 2.24) is 10.2 Å². The summed E-state index contributed by atoms with van der Waals surface area (Å²) in [6, 6.07) is 0. The van der Waals surface area contributed by atoms with Gasteiger partial charge in [0.2, 0.25) is 0 Å². The maximum Gasteiger partial charge on any atom is 0.0107 e. The van der Waals surface area contributed by atoms with E-state index in [1.54, 1.807) is 0 Å². The highest BCUT2D eigenvalue weighted by Gasteiger charge is 2.07. The maximum absolute atomic E-state index is 3.37. The van der Waals surface area contributed by atoms with Crippen LogP contribution in [-0.2, 0) is 0 Å². The second-order valence-electron chi connectivity index (χ2n) is 3.65. The quantitative estimate of drug-likeness (QED) is 0.686. The van der Waals surface area contributed by atoms with Crippen molar-refractivity contribution in [2.45, 2.75) is 46.5 Å². The second-order valence-corrected chi connectivity index (χ2v) is 3.65. The van der Waals surface area contributed by atoms with Gasteiger partial charge in [-0.05, 0) is 13.0 Å². The van der Waals surface area contributed by atoms with E-state index < -0.39 is 0 Å². The van der Waals surface area contributed by atoms with Crippen LogP contribution in [0.2, 0.25) is 0 Å². The number of hydrogen-bond donors (Lipinski definition) is 1. The zero-order chi connectivity index (χ0) is 10.6. The fraction of sp³-hybridized carbons (Fsp3) is 1.00. The Hall–Kier alpha value is -0.0800. The lowest BCUT2D eigenvalue weighted by Gasteiger charge is -2.26. The van der Waals surface area contributed by atoms with E-state index in [0.29, 0.717) is 0 Å². The minimum atomic E-state index is 1.19. The summed E-state index contributed by atoms with van der Waals surface area (Å²) in [5.74, 6) is 0. The SMILES string of the molecule is CC.CCCCCCN1CCNCC1. The fourth-order valence-corrected chi connectivity index (χ4v) is 1.70. The van der Waals surface area contributed by atoms with Crippen molar-refractivity contribution in [3.8, 4) is 0 Å². The molecule has 0 radical (unpaired) electrons. The molecule has 1 heterocycles. The lowest BCUT2D eigenvalue weighted by Crippen LogP contribution is -2.43. The first-order valence-electron chi connectivity index (χ1n) is 6.36. The van der Waals surface area contributed by atoms with Gasteiger partial charge < -0.3 is 10.2 Å². The van der Waals surface area contributed by atoms with Crippen LogP contribution in [0.5, 0.6) is 0 Å². The zero-order valence-electron chi connectivity index (χ0n) is 10.3. The van der Waals surface area contributed by atoms with Gasteiger partial charge in [0.1, 0.15) is 0 Å². The molecule has 0 aliphatic carbocycles. The van der Waals surface area contributed by atoms with Gasteiger partial charge >= 0.3 is 0 Å². The van der Waals surface area contributed by atoms with E-state index in [-0.39, 0.29) is 0 Å². The summed E-state index contributed by atoms with van der Waals surface area (Å²) in [6.45, 7) is 12.5. The molecule has 0 atom stereocenters. The van der Waals surface area contributed by atoms with Crippen LogP contribution in [0.15, 0.2) is 0 Å². The van der Waals surface area contributed by atoms with Crippen LogP contribution in [-0.4, -0.2) is 37.6 Å². The average molecular weight is 200 g/mol. The first kappa shape index (κ1) is 13.9. The smallest absolute Gasteiger partial charge is 0.0107 e. The van der Waals surface area contributed by atoms with Gasteiger partial charge in [0, 0.05) is 26.2 Å². The van der Waals surface area contributed by atoms with Gasteiger partial charge in [0.15, 0.2) is 0 Å². The Morgan fingerprint density at radius 3 is 2.21 bits per heavy atom. The molecule has 0 aromatic heterocycles. The largest absolute Gasteiger partial charge is 0.314 e. The van der Waals surface area contributed by atoms with E-state index in [4.69, 9.17) is 0 Å². The monoisotopic (exact) mass is 200 g/mol. The summed E-state index contributed by atoms with van der Waals surface area (Å²) in [6.07, 6.45) is 5.57. The molecule has 1 N–H and O–H groups in total. The zero-order valence-corrected chi connectivity index (χ0v) is 10.3. The van der Waals surface area contributed by atoms with Gasteiger partial charge in [-0.25, -0.2) is 0 Å². The lowest BCUT2D eigenvalue weighted by atomic mass is 10.2. The fourth-order valence-electron chi connectivity index (χ4n) is 1.70. The van der Waals surface area contributed by atoms with Crippen LogP contribution in [0.25, 0.3) is 0 Å². The number of nitrogens with zero attached hydrogens (tertiary/aromatic N) is 1. The molecule has 1 aliphatic heterocycles. The Morgan fingerprint density at radius 1 is 1.00 bits per heavy atom. The van der Waals surface area contributed by atoms with Gasteiger partial charge in [-0.15, -0.1) is 0 Å². The minimum Gasteiger partial charge on any atom is -0.314 e. The van der Waals surface area contributed by atoms with Crippen LogP contribution in [0.3, 0.4) is 0 Å². The molecule has 0 aromatic rings. The Labute approximate surface area is 90.1 Å². The second kappa shape index (κ2) is 11.0. The van der Waals surface area contributed by atoms with Gasteiger partial charge in [-0.2, -0.15) is 0 Å². The Morgan fingerprint density at radius 2 is 1.64 bits per heavy atom. The first-order chi connectivity index (χ1) is 6.93. The van der Waals surface area contributed by atoms with E-state index in [1.165, 1.54) is 58.4 Å². The van der Waals surface area contributed by atoms with E-state index in [1.807, 2.05) is 13.8 Å². The third-order valence-electron chi connectivity index (χ3n) is 2.54. The average Bonchev–Trinajstić information content (AvgIpc) is 2.29. The highest BCUT2D eigenvalue weighted by atomic mass is 15.2. The van der Waals surface area contributed by atoms with Crippen LogP contribution >= 0.6 is 0 Å². The number of rotatable bonds is 5. The predicted octanol–water partition coefficient (Wildman–Crippen LogP) is 2.50. The predicted molar refractivity (Wildman–Crippen MR) is 64.8 cm³/mol. The third kappa shape index (κ3) is 7.34. The van der Waals surface area contributed by atoms with Crippen LogP contribution < -0.4 is 5.32 Å². The Kier molecular flexibility index (Phi) is 10.9. The molecule has 1 fully saturated rings. The van der Waals surface area contributed by atoms with Crippen molar-refractivity contribution < 1.29 is 0 Å². The van der Waals surface area contributed by atoms with Crippen molar-refractivity contribution in [1.29, 1.82) is 0 Å². The highest BCUT2D eigenvalue weighted by Crippen LogP contribution is 2.01. The first-order valence-corrected chi connectivity index (χ1v) is 6.36. The molecule has 1 rings (SSSR count). The lowest BCUT2D eigenvalue weighted by molar-refractivity contribution is 0.236. The number of piperazine rings is 1. The van der Waals surface area contributed by atoms with Gasteiger partial charge in [-0.3, -0.25) is 0 Å². The summed E-state index contributed by atoms with van der Waals surface area (Å²) in [7, 11) is 0. The van der Waals surface area contributed by atoms with E-state index in [0.717, 1.165) is 0 Å². The summed E-state index contributed by atoms with van der Waals surface area (Å²) in [4.78, 5) is 2.58. The molecule has 0 bridgehead atoms. The molecule has 0 aromatic carbocycles. The normalized spacial score (nSPS) is 17.4. The highest BCUT2D eigenvalue weighted by molar-refractivity contribution is 4.66. The number of unbranched alkanes of at least 4 members (excludes halogenated alkanes) is 3. The molecular formula is C12H28N2. The number of hydrogen-bond acceptors (Lipinski definition) is 2. The summed E-state index contributed by atoms with van der Waals surface area (Å²) >= 11 is 0. The third-order valence-corrected chi connectivity index (χ3v) is 2.54. The summed E-state index contributed by atoms with van der Waals surface area (Å²) in [5.41, 5.74) is 0. The van der Waals surface area contributed by atoms with Crippen LogP contribution in [0, 0.1) is 0 Å². The Balaban J connectivity index is 0.000000791. The summed E-state index contributed by atoms with van der Waals surface area (Å²) in [5, 5.41) is 3.37.